The third-order valence-electron chi connectivity index (χ3n) is 4.56. The zero-order valence-corrected chi connectivity index (χ0v) is 25.6. The molecule has 0 aromatic heterocycles. The van der Waals surface area contributed by atoms with E-state index in [4.69, 9.17) is 32.4 Å². The molecule has 10 heteroatoms. The lowest BCUT2D eigenvalue weighted by Gasteiger charge is -2.40. The van der Waals surface area contributed by atoms with Gasteiger partial charge in [0.1, 0.15) is 8.30 Å². The van der Waals surface area contributed by atoms with Crippen LogP contribution >= 0.6 is 8.30 Å². The molecule has 226 valence electrons. The summed E-state index contributed by atoms with van der Waals surface area (Å²) in [5.41, 5.74) is -0.512. The van der Waals surface area contributed by atoms with Crippen molar-refractivity contribution in [3.8, 4) is 6.07 Å². The van der Waals surface area contributed by atoms with Gasteiger partial charge in [-0.2, -0.15) is 5.26 Å². The van der Waals surface area contributed by atoms with Gasteiger partial charge in [-0.1, -0.05) is 20.7 Å². The summed E-state index contributed by atoms with van der Waals surface area (Å²) in [5, 5.41) is 19.5. The molecule has 0 saturated carbocycles. The molecule has 0 aromatic rings. The summed E-state index contributed by atoms with van der Waals surface area (Å²) in [6.07, 6.45) is 4.16. The van der Waals surface area contributed by atoms with Crippen LogP contribution in [0.5, 0.6) is 0 Å². The Bertz CT molecular complexity index is 530. The molecule has 3 N–H and O–H groups in total. The van der Waals surface area contributed by atoms with Crippen molar-refractivity contribution in [2.24, 2.45) is 5.41 Å². The number of ether oxygens (including phenoxy) is 3. The average molecular weight is 566 g/mol. The van der Waals surface area contributed by atoms with Gasteiger partial charge in [-0.25, -0.2) is 0 Å². The molecule has 9 nitrogen and oxygen atoms in total. The van der Waals surface area contributed by atoms with E-state index in [1.807, 2.05) is 0 Å². The molecule has 1 atom stereocenters. The van der Waals surface area contributed by atoms with Gasteiger partial charge in [0.2, 0.25) is 4.29 Å². The fourth-order valence-corrected chi connectivity index (χ4v) is 5.66. The van der Waals surface area contributed by atoms with Crippen LogP contribution in [-0.4, -0.2) is 110 Å². The van der Waals surface area contributed by atoms with Crippen molar-refractivity contribution in [3.05, 3.63) is 0 Å². The van der Waals surface area contributed by atoms with Crippen molar-refractivity contribution < 1.29 is 38.2 Å². The summed E-state index contributed by atoms with van der Waals surface area (Å²) in [5.74, 6) is 0. The Labute approximate surface area is 239 Å². The molecule has 0 saturated heterocycles. The van der Waals surface area contributed by atoms with Gasteiger partial charge in [-0.05, 0) is 53.4 Å². The highest BCUT2D eigenvalue weighted by atomic mass is 31.2. The van der Waals surface area contributed by atoms with Crippen LogP contribution in [0.15, 0.2) is 0 Å². The van der Waals surface area contributed by atoms with Crippen LogP contribution < -0.4 is 0 Å². The van der Waals surface area contributed by atoms with Crippen molar-refractivity contribution in [1.82, 2.24) is 4.67 Å². The van der Waals surface area contributed by atoms with Crippen molar-refractivity contribution in [2.45, 2.75) is 92.6 Å². The highest BCUT2D eigenvalue weighted by Gasteiger charge is 2.35. The van der Waals surface area contributed by atoms with Gasteiger partial charge in [0.25, 0.3) is 0 Å². The van der Waals surface area contributed by atoms with Crippen molar-refractivity contribution in [2.75, 3.05) is 73.7 Å². The van der Waals surface area contributed by atoms with Crippen molar-refractivity contribution >= 4 is 8.30 Å². The summed E-state index contributed by atoms with van der Waals surface area (Å²) in [4.78, 5) is 0. The number of hydrogen-bond acceptors (Lipinski definition) is 9. The average Bonchev–Trinajstić information content (AvgIpc) is 2.95. The Balaban J connectivity index is -0.000000744. The van der Waals surface area contributed by atoms with Crippen LogP contribution in [0.1, 0.15) is 84.6 Å². The van der Waals surface area contributed by atoms with E-state index >= 15 is 0 Å². The second-order valence-electron chi connectivity index (χ2n) is 8.40. The Kier molecular flexibility index (Phi) is 28.3. The SMILES string of the molecule is [2H]CCCOCC(COCCC[2H])(COCCC[2H])COP(CCCC#N)N(C(C)C)C(C)C.[3H]OC.[3H]OC.[3H]OC. The number of aliphatic hydroxyl groups is 3. The molecule has 0 bridgehead atoms. The quantitative estimate of drug-likeness (QED) is 0.133. The Morgan fingerprint density at radius 1 is 0.865 bits per heavy atom. The topological polar surface area (TPSA) is 125 Å². The normalized spacial score (nSPS) is 13.8. The molecule has 0 rings (SSSR count). The summed E-state index contributed by atoms with van der Waals surface area (Å²) in [6, 6.07) is 2.88. The van der Waals surface area contributed by atoms with Crippen LogP contribution in [0.3, 0.4) is 0 Å². The predicted octanol–water partition coefficient (Wildman–Crippen LogP) is 4.83. The third kappa shape index (κ3) is 24.4. The lowest BCUT2D eigenvalue weighted by atomic mass is 9.92. The Morgan fingerprint density at radius 2 is 1.27 bits per heavy atom. The van der Waals surface area contributed by atoms with Gasteiger partial charge >= 0.3 is 0 Å². The van der Waals surface area contributed by atoms with Gasteiger partial charge in [-0.15, -0.1) is 0 Å². The molecule has 0 aliphatic heterocycles. The van der Waals surface area contributed by atoms with E-state index in [0.717, 1.165) is 12.6 Å². The Morgan fingerprint density at radius 3 is 1.59 bits per heavy atom. The number of nitriles is 1. The fraction of sp³-hybridized carbons (Fsp3) is 0.963. The van der Waals surface area contributed by atoms with Crippen molar-refractivity contribution in [1.29, 1.82) is 9.56 Å². The number of aliphatic hydroxyl groups excluding tert-OH is 3. The molecule has 37 heavy (non-hydrogen) atoms. The second kappa shape index (κ2) is 33.6. The number of unbranched alkanes of at least 4 members (excludes halogenated alkanes) is 1. The van der Waals surface area contributed by atoms with E-state index in [2.05, 4.69) is 53.8 Å². The first kappa shape index (κ1) is 31.1. The highest BCUT2D eigenvalue weighted by molar-refractivity contribution is 7.50. The van der Waals surface area contributed by atoms with Crippen molar-refractivity contribution in [3.63, 3.8) is 0 Å². The number of nitrogens with zero attached hydrogens (tertiary/aromatic N) is 2. The van der Waals surface area contributed by atoms with Gasteiger partial charge in [0.05, 0.1) is 37.9 Å². The first-order valence-corrected chi connectivity index (χ1v) is 14.2. The van der Waals surface area contributed by atoms with E-state index in [0.29, 0.717) is 105 Å². The summed E-state index contributed by atoms with van der Waals surface area (Å²) < 4.78 is 66.2. The van der Waals surface area contributed by atoms with E-state index in [1.54, 1.807) is 0 Å². The van der Waals surface area contributed by atoms with Crippen LogP contribution in [0.4, 0.5) is 0 Å². The molecule has 0 spiro atoms. The fourth-order valence-electron chi connectivity index (χ4n) is 3.29. The maximum absolute atomic E-state index is 9.03. The van der Waals surface area contributed by atoms with Crippen LogP contribution in [0.25, 0.3) is 0 Å². The largest absolute Gasteiger partial charge is 0.400 e. The maximum atomic E-state index is 9.03. The minimum atomic E-state index is -0.918. The monoisotopic (exact) mass is 565 g/mol. The second-order valence-corrected chi connectivity index (χ2v) is 10.3. The van der Waals surface area contributed by atoms with Crippen LogP contribution in [0.2, 0.25) is 0 Å². The Hall–Kier alpha value is -0.400. The van der Waals surface area contributed by atoms with Crippen LogP contribution in [-0.2, 0) is 18.7 Å². The molecular weight excluding hydrogens is 495 g/mol. The summed E-state index contributed by atoms with van der Waals surface area (Å²) in [6.45, 7) is 12.8. The number of rotatable bonds is 21. The molecule has 0 heterocycles. The molecule has 0 amide bonds. The third-order valence-corrected chi connectivity index (χ3v) is 7.13. The molecular formula is C27H61N2O7P. The predicted molar refractivity (Wildman–Crippen MR) is 155 cm³/mol. The van der Waals surface area contributed by atoms with Gasteiger partial charge in [-0.3, -0.25) is 4.67 Å². The van der Waals surface area contributed by atoms with Gasteiger partial charge < -0.3 is 34.1 Å². The van der Waals surface area contributed by atoms with E-state index < -0.39 is 13.7 Å². The number of hydrogen-bond donors (Lipinski definition) is 3. The van der Waals surface area contributed by atoms with Crippen LogP contribution in [0, 0.1) is 16.7 Å². The van der Waals surface area contributed by atoms with E-state index in [-0.39, 0.29) is 0 Å². The summed E-state index contributed by atoms with van der Waals surface area (Å²) >= 11 is 0. The van der Waals surface area contributed by atoms with Gasteiger partial charge in [0.15, 0.2) is 0 Å². The minimum absolute atomic E-state index is 0.317. The maximum Gasteiger partial charge on any atom is 0.210 e. The first-order chi connectivity index (χ1) is 20.6. The lowest BCUT2D eigenvalue weighted by molar-refractivity contribution is -0.0877. The lowest BCUT2D eigenvalue weighted by Crippen LogP contribution is -2.43. The van der Waals surface area contributed by atoms with E-state index in [1.165, 1.54) is 21.3 Å². The molecule has 0 aromatic carbocycles. The molecule has 0 fully saturated rings. The smallest absolute Gasteiger partial charge is 0.210 e. The standard InChI is InChI=1S/C24H49N2O4P.3CH4O/c1-8-14-27-18-24(19-28-15-9-2,20-29-16-10-3)21-30-31(17-12-11-13-25)26(22(4)5)23(6)7;3*1-2/h22-23H,8-12,14-21H2,1-7H3;3*2H,1H3/i1D,2D,3D;3*2T. The molecule has 0 aliphatic rings. The minimum Gasteiger partial charge on any atom is -0.400 e. The zero-order chi connectivity index (χ0) is 33.8. The zero-order valence-electron chi connectivity index (χ0n) is 30.7. The van der Waals surface area contributed by atoms with E-state index in [9.17, 15) is 0 Å². The molecule has 0 radical (unpaired) electrons. The summed E-state index contributed by atoms with van der Waals surface area (Å²) in [7, 11) is 2.96. The molecule has 1 unspecified atom stereocenters. The van der Waals surface area contributed by atoms with Gasteiger partial charge in [0, 0.05) is 69.9 Å². The molecule has 0 aliphatic carbocycles. The first-order valence-electron chi connectivity index (χ1n) is 16.1. The highest BCUT2D eigenvalue weighted by Crippen LogP contribution is 2.47.